The summed E-state index contributed by atoms with van der Waals surface area (Å²) in [6, 6.07) is 16.0. The number of ether oxygens (including phenoxy) is 2. The molecule has 4 rings (SSSR count). The van der Waals surface area contributed by atoms with Crippen molar-refractivity contribution in [2.24, 2.45) is 5.92 Å². The van der Waals surface area contributed by atoms with Gasteiger partial charge in [-0.2, -0.15) is 0 Å². The first-order valence-electron chi connectivity index (χ1n) is 8.98. The Morgan fingerprint density at radius 2 is 1.59 bits per heavy atom. The van der Waals surface area contributed by atoms with E-state index >= 15 is 0 Å². The summed E-state index contributed by atoms with van der Waals surface area (Å²) in [5.74, 6) is -3.88. The van der Waals surface area contributed by atoms with Gasteiger partial charge in [0.25, 0.3) is 0 Å². The van der Waals surface area contributed by atoms with E-state index in [1.807, 2.05) is 30.3 Å². The zero-order valence-electron chi connectivity index (χ0n) is 17.8. The van der Waals surface area contributed by atoms with Crippen molar-refractivity contribution < 1.29 is 92.8 Å². The largest absolute Gasteiger partial charge is 1.00 e. The zero-order valence-corrected chi connectivity index (χ0v) is 21.8. The Bertz CT molecular complexity index is 1260. The van der Waals surface area contributed by atoms with Crippen molar-refractivity contribution in [3.63, 3.8) is 0 Å². The molecule has 0 saturated carbocycles. The summed E-state index contributed by atoms with van der Waals surface area (Å²) < 4.78 is 16.3. The summed E-state index contributed by atoms with van der Waals surface area (Å²) in [5, 5.41) is 23.3. The second-order valence-electron chi connectivity index (χ2n) is 6.58. The molecule has 3 aromatic carbocycles. The van der Waals surface area contributed by atoms with Crippen LogP contribution in [0.2, 0.25) is 0 Å². The van der Waals surface area contributed by atoms with Crippen LogP contribution < -0.4 is 78.8 Å². The van der Waals surface area contributed by atoms with Crippen LogP contribution in [-0.4, -0.2) is 30.6 Å². The number of benzene rings is 3. The monoisotopic (exact) mass is 451 g/mol. The predicted molar refractivity (Wildman–Crippen MR) is 103 cm³/mol. The van der Waals surface area contributed by atoms with Gasteiger partial charge >= 0.3 is 59.1 Å². The number of fused-ring (bicyclic) bond motifs is 2. The third kappa shape index (κ3) is 5.64. The first kappa shape index (κ1) is 26.2. The molecule has 0 fully saturated rings. The average molecular weight is 451 g/mol. The van der Waals surface area contributed by atoms with Crippen LogP contribution in [0.4, 0.5) is 0 Å². The van der Waals surface area contributed by atoms with E-state index in [-0.39, 0.29) is 59.1 Å². The number of rotatable bonds is 7. The number of nitrogens with zero attached hydrogens (tertiary/aromatic N) is 1. The van der Waals surface area contributed by atoms with Gasteiger partial charge in [-0.05, 0) is 47.2 Å². The van der Waals surface area contributed by atoms with Gasteiger partial charge in [0.1, 0.15) is 23.6 Å². The van der Waals surface area contributed by atoms with Gasteiger partial charge in [-0.3, -0.25) is 0 Å². The molecule has 8 nitrogen and oxygen atoms in total. The number of hydrogen-bond acceptors (Lipinski definition) is 8. The van der Waals surface area contributed by atoms with E-state index in [0.717, 1.165) is 16.3 Å². The minimum absolute atomic E-state index is 0. The number of carbonyl (C=O) groups is 2. The molecule has 1 aromatic heterocycles. The van der Waals surface area contributed by atoms with E-state index in [2.05, 4.69) is 4.98 Å². The van der Waals surface area contributed by atoms with Crippen molar-refractivity contribution in [2.75, 3.05) is 13.7 Å². The van der Waals surface area contributed by atoms with Crippen molar-refractivity contribution in [1.29, 1.82) is 0 Å². The first-order valence-corrected chi connectivity index (χ1v) is 8.98. The van der Waals surface area contributed by atoms with Crippen LogP contribution in [0.5, 0.6) is 11.5 Å². The number of oxazole rings is 1. The van der Waals surface area contributed by atoms with E-state index in [4.69, 9.17) is 13.9 Å². The molecule has 0 saturated heterocycles. The molecule has 0 aliphatic rings. The molecule has 0 spiro atoms. The minimum atomic E-state index is -1.85. The fraction of sp³-hybridized carbons (Fsp3) is 0.136. The standard InChI is InChI=1S/C22H17NO7.2Na/c1-28-15-6-7-18-19(10-15)30-20(23-18)14-3-2-13-9-16(5-4-12(13)8-14)29-11-17(21(24)25)22(26)27;;/h2-10,17H,11H2,1H3,(H,24,25)(H,26,27);;/q;2*+1/p-2. The van der Waals surface area contributed by atoms with Crippen molar-refractivity contribution in [1.82, 2.24) is 4.98 Å². The van der Waals surface area contributed by atoms with E-state index in [1.165, 1.54) is 0 Å². The Kier molecular flexibility index (Phi) is 9.15. The van der Waals surface area contributed by atoms with E-state index in [0.29, 0.717) is 28.5 Å². The maximum atomic E-state index is 10.8. The average Bonchev–Trinajstić information content (AvgIpc) is 3.16. The van der Waals surface area contributed by atoms with Gasteiger partial charge in [0, 0.05) is 11.6 Å². The summed E-state index contributed by atoms with van der Waals surface area (Å²) in [6.07, 6.45) is 0. The number of methoxy groups -OCH3 is 1. The van der Waals surface area contributed by atoms with Crippen LogP contribution in [-0.2, 0) is 9.59 Å². The van der Waals surface area contributed by atoms with Gasteiger partial charge in [-0.1, -0.05) is 12.1 Å². The second kappa shape index (κ2) is 11.2. The van der Waals surface area contributed by atoms with Crippen molar-refractivity contribution >= 4 is 33.8 Å². The Balaban J connectivity index is 0.00000181. The van der Waals surface area contributed by atoms with Crippen molar-refractivity contribution in [3.05, 3.63) is 54.6 Å². The molecule has 10 heteroatoms. The Morgan fingerprint density at radius 3 is 2.28 bits per heavy atom. The molecular weight excluding hydrogens is 436 g/mol. The van der Waals surface area contributed by atoms with E-state index in [1.54, 1.807) is 31.4 Å². The predicted octanol–water partition coefficient (Wildman–Crippen LogP) is -4.84. The van der Waals surface area contributed by atoms with Crippen LogP contribution in [0.3, 0.4) is 0 Å². The van der Waals surface area contributed by atoms with Gasteiger partial charge in [0.15, 0.2) is 5.58 Å². The summed E-state index contributed by atoms with van der Waals surface area (Å²) in [7, 11) is 1.58. The van der Waals surface area contributed by atoms with Gasteiger partial charge < -0.3 is 33.7 Å². The fourth-order valence-electron chi connectivity index (χ4n) is 3.01. The molecular formula is C22H15NNa2O7. The third-order valence-corrected chi connectivity index (χ3v) is 4.64. The molecule has 32 heavy (non-hydrogen) atoms. The van der Waals surface area contributed by atoms with Crippen LogP contribution >= 0.6 is 0 Å². The zero-order chi connectivity index (χ0) is 21.3. The van der Waals surface area contributed by atoms with Crippen LogP contribution in [0.25, 0.3) is 33.3 Å². The molecule has 4 aromatic rings. The van der Waals surface area contributed by atoms with E-state index < -0.39 is 24.5 Å². The summed E-state index contributed by atoms with van der Waals surface area (Å²) in [5.41, 5.74) is 2.11. The Hall–Kier alpha value is -2.07. The molecule has 0 amide bonds. The molecule has 0 N–H and O–H groups in total. The molecule has 0 aliphatic heterocycles. The molecule has 1 heterocycles. The van der Waals surface area contributed by atoms with Gasteiger partial charge in [-0.15, -0.1) is 0 Å². The SMILES string of the molecule is COc1ccc2nc(-c3ccc4cc(OCC(C(=O)[O-])C(=O)[O-])ccc4c3)oc2c1.[Na+].[Na+]. The summed E-state index contributed by atoms with van der Waals surface area (Å²) in [4.78, 5) is 26.1. The van der Waals surface area contributed by atoms with E-state index in [9.17, 15) is 19.8 Å². The Morgan fingerprint density at radius 1 is 0.938 bits per heavy atom. The normalized spacial score (nSPS) is 10.4. The fourth-order valence-corrected chi connectivity index (χ4v) is 3.01. The maximum Gasteiger partial charge on any atom is 1.00 e. The third-order valence-electron chi connectivity index (χ3n) is 4.64. The molecule has 0 atom stereocenters. The van der Waals surface area contributed by atoms with Crippen LogP contribution in [0, 0.1) is 5.92 Å². The van der Waals surface area contributed by atoms with Crippen molar-refractivity contribution in [3.8, 4) is 23.0 Å². The number of hydrogen-bond donors (Lipinski definition) is 0. The van der Waals surface area contributed by atoms with Crippen LogP contribution in [0.15, 0.2) is 59.0 Å². The molecule has 0 aliphatic carbocycles. The molecule has 0 unspecified atom stereocenters. The van der Waals surface area contributed by atoms with Gasteiger partial charge in [-0.25, -0.2) is 4.98 Å². The topological polar surface area (TPSA) is 125 Å². The number of carboxylic acids is 2. The Labute approximate surface area is 227 Å². The minimum Gasteiger partial charge on any atom is -0.549 e. The van der Waals surface area contributed by atoms with Crippen LogP contribution in [0.1, 0.15) is 0 Å². The summed E-state index contributed by atoms with van der Waals surface area (Å²) in [6.45, 7) is -0.583. The summed E-state index contributed by atoms with van der Waals surface area (Å²) >= 11 is 0. The van der Waals surface area contributed by atoms with Crippen molar-refractivity contribution in [2.45, 2.75) is 0 Å². The smallest absolute Gasteiger partial charge is 0.549 e. The molecule has 0 radical (unpaired) electrons. The second-order valence-corrected chi connectivity index (χ2v) is 6.58. The maximum absolute atomic E-state index is 10.8. The number of aliphatic carboxylic acids is 2. The van der Waals surface area contributed by atoms with Gasteiger partial charge in [0.2, 0.25) is 5.89 Å². The quantitative estimate of drug-likeness (QED) is 0.203. The van der Waals surface area contributed by atoms with Gasteiger partial charge in [0.05, 0.1) is 25.0 Å². The molecule has 0 bridgehead atoms. The molecule has 152 valence electrons. The first-order chi connectivity index (χ1) is 14.4. The number of carbonyl (C=O) groups excluding carboxylic acids is 2. The number of aromatic nitrogens is 1. The number of carboxylic acid groups (broad SMARTS) is 2.